The van der Waals surface area contributed by atoms with Crippen LogP contribution in [0.1, 0.15) is 6.92 Å². The van der Waals surface area contributed by atoms with E-state index >= 15 is 0 Å². The van der Waals surface area contributed by atoms with Crippen molar-refractivity contribution in [3.8, 4) is 0 Å². The molecule has 0 saturated carbocycles. The summed E-state index contributed by atoms with van der Waals surface area (Å²) in [5.41, 5.74) is 0. The fourth-order valence-electron chi connectivity index (χ4n) is 0. The fourth-order valence-corrected chi connectivity index (χ4v) is 0. The van der Waals surface area contributed by atoms with Gasteiger partial charge in [-0.3, -0.25) is 0 Å². The van der Waals surface area contributed by atoms with Gasteiger partial charge < -0.3 is 0 Å². The van der Waals surface area contributed by atoms with Gasteiger partial charge in [0, 0.05) is 0 Å². The molecule has 5 heavy (non-hydrogen) atoms. The molecule has 0 bridgehead atoms. The summed E-state index contributed by atoms with van der Waals surface area (Å²) in [7, 11) is 0. The number of rotatable bonds is 1. The van der Waals surface area contributed by atoms with Crippen LogP contribution in [0.2, 0.25) is 8.76 Å². The molecule has 0 heterocycles. The summed E-state index contributed by atoms with van der Waals surface area (Å²) in [6, 6.07) is 0. The predicted molar refractivity (Wildman–Crippen MR) is 20.5 cm³/mol. The first kappa shape index (κ1) is 5.84. The number of hydrogen-bond acceptors (Lipinski definition) is 1. The molecule has 2 N–H and O–H groups in total. The quantitative estimate of drug-likeness (QED) is 0.594. The molecule has 0 aromatic rings. The average Bonchev–Trinajstić information content (AvgIpc) is 1.38. The molecule has 0 rings (SSSR count). The Bertz CT molecular complexity index is 20.9. The molecule has 0 spiro atoms. The van der Waals surface area contributed by atoms with Crippen molar-refractivity contribution in [3.63, 3.8) is 0 Å². The van der Waals surface area contributed by atoms with E-state index in [2.05, 4.69) is 11.6 Å². The van der Waals surface area contributed by atoms with Gasteiger partial charge in [0.1, 0.15) is 0 Å². The van der Waals surface area contributed by atoms with Gasteiger partial charge >= 0.3 is 41.4 Å². The van der Waals surface area contributed by atoms with Crippen molar-refractivity contribution in [2.75, 3.05) is 0 Å². The molecule has 0 unspecified atom stereocenters. The zero-order chi connectivity index (χ0) is 4.28. The van der Waals surface area contributed by atoms with E-state index in [1.807, 2.05) is 0 Å². The summed E-state index contributed by atoms with van der Waals surface area (Å²) in [6.07, 6.45) is 0. The van der Waals surface area contributed by atoms with E-state index in [9.17, 15) is 0 Å². The van der Waals surface area contributed by atoms with Gasteiger partial charge in [-0.1, -0.05) is 0 Å². The van der Waals surface area contributed by atoms with Crippen LogP contribution in [0.4, 0.5) is 0 Å². The third-order valence-corrected chi connectivity index (χ3v) is 3.30. The van der Waals surface area contributed by atoms with Crippen LogP contribution >= 0.6 is 0 Å². The standard InChI is InChI=1S/C2H5.CH3.H2N.Zr/c1-2;;;/h1H2,2H3;1H3;1H2;/q;;-1;+1. The van der Waals surface area contributed by atoms with Crippen molar-refractivity contribution < 1.29 is 22.0 Å². The second kappa shape index (κ2) is 3.05. The van der Waals surface area contributed by atoms with E-state index in [-0.39, 0.29) is 0 Å². The Hall–Kier alpha value is 0.843. The van der Waals surface area contributed by atoms with Crippen molar-refractivity contribution in [1.29, 1.82) is 0 Å². The SMILES string of the molecule is C[CH2][Zr]([CH3])[NH2]. The minimum atomic E-state index is -1.08. The van der Waals surface area contributed by atoms with Gasteiger partial charge in [-0.15, -0.1) is 0 Å². The molecule has 1 nitrogen and oxygen atoms in total. The maximum absolute atomic E-state index is 5.49. The molecule has 0 fully saturated rings. The van der Waals surface area contributed by atoms with E-state index in [1.54, 1.807) is 0 Å². The molecule has 0 atom stereocenters. The van der Waals surface area contributed by atoms with E-state index in [0.29, 0.717) is 0 Å². The summed E-state index contributed by atoms with van der Waals surface area (Å²) in [6.45, 7) is 2.16. The summed E-state index contributed by atoms with van der Waals surface area (Å²) >= 11 is -1.08. The molecule has 0 aliphatic carbocycles. The summed E-state index contributed by atoms with van der Waals surface area (Å²) < 4.78 is 8.96. The predicted octanol–water partition coefficient (Wildman–Crippen LogP) is 0.965. The van der Waals surface area contributed by atoms with Gasteiger partial charge in [0.15, 0.2) is 0 Å². The molecule has 0 aromatic carbocycles. The van der Waals surface area contributed by atoms with Crippen molar-refractivity contribution in [2.45, 2.75) is 15.7 Å². The molecule has 0 aliphatic heterocycles. The van der Waals surface area contributed by atoms with Crippen LogP contribution in [0, 0.1) is 0 Å². The average molecular weight is 151 g/mol. The van der Waals surface area contributed by atoms with Crippen molar-refractivity contribution >= 4 is 0 Å². The number of hydrogen-bond donors (Lipinski definition) is 1. The second-order valence-electron chi connectivity index (χ2n) is 1.20. The van der Waals surface area contributed by atoms with Crippen LogP contribution in [-0.4, -0.2) is 0 Å². The van der Waals surface area contributed by atoms with Crippen LogP contribution in [-0.2, 0) is 22.0 Å². The van der Waals surface area contributed by atoms with E-state index in [1.165, 1.54) is 4.13 Å². The van der Waals surface area contributed by atoms with Crippen LogP contribution in [0.15, 0.2) is 0 Å². The molecule has 2 heteroatoms. The molecule has 0 radical (unpaired) electrons. The zero-order valence-electron chi connectivity index (χ0n) is 3.78. The van der Waals surface area contributed by atoms with Crippen LogP contribution in [0.5, 0.6) is 0 Å². The van der Waals surface area contributed by atoms with Gasteiger partial charge in [-0.05, 0) is 0 Å². The Balaban J connectivity index is 2.54. The van der Waals surface area contributed by atoms with Crippen molar-refractivity contribution in [3.05, 3.63) is 0 Å². The van der Waals surface area contributed by atoms with E-state index < -0.39 is 22.0 Å². The van der Waals surface area contributed by atoms with E-state index in [0.717, 1.165) is 0 Å². The Morgan fingerprint density at radius 1 is 1.80 bits per heavy atom. The van der Waals surface area contributed by atoms with Crippen LogP contribution in [0.3, 0.4) is 0 Å². The third kappa shape index (κ3) is 4.84. The first-order chi connectivity index (χ1) is 2.27. The monoisotopic (exact) mass is 150 g/mol. The molecule has 0 aromatic heterocycles. The minimum absolute atomic E-state index is 1.08. The van der Waals surface area contributed by atoms with Gasteiger partial charge in [-0.2, -0.15) is 0 Å². The molecule has 0 amide bonds. The zero-order valence-corrected chi connectivity index (χ0v) is 6.24. The molecular formula is C3H10NZr. The summed E-state index contributed by atoms with van der Waals surface area (Å²) in [5.74, 6) is 0. The van der Waals surface area contributed by atoms with E-state index in [4.69, 9.17) is 3.68 Å². The Morgan fingerprint density at radius 2 is 2.00 bits per heavy atom. The fraction of sp³-hybridized carbons (Fsp3) is 1.00. The number of nitrogens with two attached hydrogens (primary N) is 1. The Labute approximate surface area is 41.6 Å². The molecular weight excluding hydrogens is 141 g/mol. The first-order valence-corrected chi connectivity index (χ1v) is 7.46. The van der Waals surface area contributed by atoms with Crippen LogP contribution < -0.4 is 3.68 Å². The van der Waals surface area contributed by atoms with Crippen LogP contribution in [0.25, 0.3) is 0 Å². The summed E-state index contributed by atoms with van der Waals surface area (Å²) in [5, 5.41) is 0. The van der Waals surface area contributed by atoms with Crippen molar-refractivity contribution in [1.82, 2.24) is 0 Å². The summed E-state index contributed by atoms with van der Waals surface area (Å²) in [4.78, 5) is 0. The Morgan fingerprint density at radius 3 is 2.00 bits per heavy atom. The molecule has 0 aliphatic rings. The topological polar surface area (TPSA) is 26.0 Å². The van der Waals surface area contributed by atoms with Gasteiger partial charge in [0.05, 0.1) is 0 Å². The van der Waals surface area contributed by atoms with Gasteiger partial charge in [0.25, 0.3) is 0 Å². The molecule has 0 saturated heterocycles. The second-order valence-corrected chi connectivity index (χ2v) is 7.10. The first-order valence-electron chi connectivity index (χ1n) is 1.85. The molecule has 31 valence electrons. The normalized spacial score (nSPS) is 7.80. The third-order valence-electron chi connectivity index (χ3n) is 0.558. The maximum atomic E-state index is 5.49. The van der Waals surface area contributed by atoms with Gasteiger partial charge in [-0.25, -0.2) is 0 Å². The Kier molecular flexibility index (Phi) is 3.56. The van der Waals surface area contributed by atoms with Crippen molar-refractivity contribution in [2.24, 2.45) is 3.68 Å². The van der Waals surface area contributed by atoms with Gasteiger partial charge in [0.2, 0.25) is 0 Å².